The first-order chi connectivity index (χ1) is 12.5. The van der Waals surface area contributed by atoms with Gasteiger partial charge in [0, 0.05) is 20.1 Å². The lowest BCUT2D eigenvalue weighted by Gasteiger charge is -2.22. The Morgan fingerprint density at radius 2 is 2.04 bits per heavy atom. The Balaban J connectivity index is 1.93. The van der Waals surface area contributed by atoms with Crippen LogP contribution in [0.5, 0.6) is 5.75 Å². The number of imide groups is 1. The van der Waals surface area contributed by atoms with E-state index in [2.05, 4.69) is 15.6 Å². The zero-order valence-corrected chi connectivity index (χ0v) is 15.6. The minimum Gasteiger partial charge on any atom is -0.494 e. The summed E-state index contributed by atoms with van der Waals surface area (Å²) in [5.41, 5.74) is 1.13. The number of hydrogen-bond donors (Lipinski definition) is 2. The topological polar surface area (TPSA) is 86.3 Å². The van der Waals surface area contributed by atoms with Crippen molar-refractivity contribution in [3.63, 3.8) is 0 Å². The zero-order chi connectivity index (χ0) is 18.9. The molecule has 1 aliphatic rings. The molecule has 0 aromatic heterocycles. The van der Waals surface area contributed by atoms with Gasteiger partial charge in [0.1, 0.15) is 5.75 Å². The number of carbonyl (C=O) groups excluding carboxylic acids is 2. The highest BCUT2D eigenvalue weighted by atomic mass is 16.5. The van der Waals surface area contributed by atoms with Gasteiger partial charge in [0.15, 0.2) is 5.96 Å². The highest BCUT2D eigenvalue weighted by Crippen LogP contribution is 2.13. The van der Waals surface area contributed by atoms with Gasteiger partial charge in [0.25, 0.3) is 0 Å². The van der Waals surface area contributed by atoms with Crippen molar-refractivity contribution in [2.24, 2.45) is 4.99 Å². The average molecular weight is 361 g/mol. The standard InChI is InChI=1S/C18H27N5O3/c1-4-19-17(20-10-11-23-16(24)12-21-18(23)25)22(3)13-14-6-8-15(9-7-14)26-5-2/h6-9H,4-5,10-13H2,1-3H3,(H,19,20)(H,21,25). The van der Waals surface area contributed by atoms with E-state index in [-0.39, 0.29) is 25.0 Å². The molecule has 2 rings (SSSR count). The van der Waals surface area contributed by atoms with Gasteiger partial charge in [-0.3, -0.25) is 14.7 Å². The lowest BCUT2D eigenvalue weighted by atomic mass is 10.2. The van der Waals surface area contributed by atoms with Crippen molar-refractivity contribution in [3.05, 3.63) is 29.8 Å². The van der Waals surface area contributed by atoms with Gasteiger partial charge in [-0.1, -0.05) is 12.1 Å². The van der Waals surface area contributed by atoms with E-state index in [0.717, 1.165) is 23.8 Å². The molecule has 1 aliphatic heterocycles. The van der Waals surface area contributed by atoms with Crippen LogP contribution in [0.1, 0.15) is 19.4 Å². The SMILES string of the molecule is CCNC(=NCCN1C(=O)CNC1=O)N(C)Cc1ccc(OCC)cc1. The summed E-state index contributed by atoms with van der Waals surface area (Å²) in [5.74, 6) is 1.37. The fourth-order valence-electron chi connectivity index (χ4n) is 2.61. The van der Waals surface area contributed by atoms with Gasteiger partial charge in [-0.15, -0.1) is 0 Å². The van der Waals surface area contributed by atoms with E-state index in [1.54, 1.807) is 0 Å². The predicted molar refractivity (Wildman–Crippen MR) is 100 cm³/mol. The average Bonchev–Trinajstić information content (AvgIpc) is 2.94. The van der Waals surface area contributed by atoms with Crippen LogP contribution in [0.4, 0.5) is 4.79 Å². The largest absolute Gasteiger partial charge is 0.494 e. The molecule has 1 saturated heterocycles. The molecule has 0 spiro atoms. The number of hydrogen-bond acceptors (Lipinski definition) is 4. The Hall–Kier alpha value is -2.77. The van der Waals surface area contributed by atoms with Crippen LogP contribution in [0.25, 0.3) is 0 Å². The summed E-state index contributed by atoms with van der Waals surface area (Å²) >= 11 is 0. The molecule has 1 fully saturated rings. The Morgan fingerprint density at radius 1 is 1.31 bits per heavy atom. The first kappa shape index (κ1) is 19.6. The van der Waals surface area contributed by atoms with Gasteiger partial charge in [-0.05, 0) is 31.5 Å². The van der Waals surface area contributed by atoms with Crippen LogP contribution in [-0.2, 0) is 11.3 Å². The number of carbonyl (C=O) groups is 2. The minimum absolute atomic E-state index is 0.0697. The van der Waals surface area contributed by atoms with Crippen molar-refractivity contribution in [1.29, 1.82) is 0 Å². The van der Waals surface area contributed by atoms with Gasteiger partial charge < -0.3 is 20.3 Å². The molecular weight excluding hydrogens is 334 g/mol. The smallest absolute Gasteiger partial charge is 0.324 e. The third-order valence-electron chi connectivity index (χ3n) is 3.87. The van der Waals surface area contributed by atoms with E-state index in [9.17, 15) is 9.59 Å². The molecule has 0 bridgehead atoms. The molecule has 0 saturated carbocycles. The molecule has 0 unspecified atom stereocenters. The third kappa shape index (κ3) is 5.37. The fraction of sp³-hybridized carbons (Fsp3) is 0.500. The fourth-order valence-corrected chi connectivity index (χ4v) is 2.61. The number of ether oxygens (including phenoxy) is 1. The number of amides is 3. The Labute approximate surface area is 154 Å². The molecule has 8 nitrogen and oxygen atoms in total. The lowest BCUT2D eigenvalue weighted by Crippen LogP contribution is -2.39. The van der Waals surface area contributed by atoms with Gasteiger partial charge in [0.2, 0.25) is 5.91 Å². The molecule has 8 heteroatoms. The molecule has 1 heterocycles. The monoisotopic (exact) mass is 361 g/mol. The van der Waals surface area contributed by atoms with Crippen molar-refractivity contribution in [2.75, 3.05) is 39.8 Å². The first-order valence-electron chi connectivity index (χ1n) is 8.84. The molecule has 0 atom stereocenters. The normalized spacial score (nSPS) is 14.4. The van der Waals surface area contributed by atoms with E-state index in [0.29, 0.717) is 19.7 Å². The number of nitrogens with zero attached hydrogens (tertiary/aromatic N) is 3. The summed E-state index contributed by atoms with van der Waals surface area (Å²) in [6, 6.07) is 7.61. The van der Waals surface area contributed by atoms with E-state index in [1.807, 2.05) is 50.1 Å². The maximum absolute atomic E-state index is 11.6. The molecule has 2 N–H and O–H groups in total. The van der Waals surface area contributed by atoms with Gasteiger partial charge in [0.05, 0.1) is 26.2 Å². The van der Waals surface area contributed by atoms with Crippen molar-refractivity contribution in [3.8, 4) is 5.75 Å². The zero-order valence-electron chi connectivity index (χ0n) is 15.6. The number of urea groups is 1. The predicted octanol–water partition coefficient (Wildman–Crippen LogP) is 1.03. The van der Waals surface area contributed by atoms with Gasteiger partial charge >= 0.3 is 6.03 Å². The highest BCUT2D eigenvalue weighted by Gasteiger charge is 2.27. The van der Waals surface area contributed by atoms with Gasteiger partial charge in [-0.2, -0.15) is 0 Å². The summed E-state index contributed by atoms with van der Waals surface area (Å²) < 4.78 is 5.46. The minimum atomic E-state index is -0.349. The summed E-state index contributed by atoms with van der Waals surface area (Å²) in [4.78, 5) is 30.9. The van der Waals surface area contributed by atoms with E-state index >= 15 is 0 Å². The lowest BCUT2D eigenvalue weighted by molar-refractivity contribution is -0.124. The van der Waals surface area contributed by atoms with Crippen LogP contribution >= 0.6 is 0 Å². The highest BCUT2D eigenvalue weighted by molar-refractivity contribution is 6.01. The molecule has 1 aromatic carbocycles. The van der Waals surface area contributed by atoms with Crippen LogP contribution in [0.15, 0.2) is 29.3 Å². The Kier molecular flexibility index (Phi) is 7.25. The molecule has 0 aliphatic carbocycles. The first-order valence-corrected chi connectivity index (χ1v) is 8.84. The van der Waals surface area contributed by atoms with Crippen LogP contribution in [0.2, 0.25) is 0 Å². The second-order valence-corrected chi connectivity index (χ2v) is 5.87. The summed E-state index contributed by atoms with van der Waals surface area (Å²) in [6.07, 6.45) is 0. The number of rotatable bonds is 8. The third-order valence-corrected chi connectivity index (χ3v) is 3.87. The number of benzene rings is 1. The summed E-state index contributed by atoms with van der Waals surface area (Å²) in [7, 11) is 1.95. The Morgan fingerprint density at radius 3 is 2.62 bits per heavy atom. The van der Waals surface area contributed by atoms with E-state index < -0.39 is 0 Å². The molecule has 3 amide bonds. The number of guanidine groups is 1. The Bertz CT molecular complexity index is 629. The van der Waals surface area contributed by atoms with Crippen LogP contribution in [-0.4, -0.2) is 67.5 Å². The van der Waals surface area contributed by atoms with Crippen LogP contribution in [0.3, 0.4) is 0 Å². The van der Waals surface area contributed by atoms with Gasteiger partial charge in [-0.25, -0.2) is 4.79 Å². The maximum atomic E-state index is 11.6. The summed E-state index contributed by atoms with van der Waals surface area (Å²) in [5, 5.41) is 5.73. The molecular formula is C18H27N5O3. The van der Waals surface area contributed by atoms with Crippen LogP contribution < -0.4 is 15.4 Å². The summed E-state index contributed by atoms with van der Waals surface area (Å²) in [6.45, 7) is 6.72. The number of nitrogens with one attached hydrogen (secondary N) is 2. The molecule has 26 heavy (non-hydrogen) atoms. The second kappa shape index (κ2) is 9.65. The van der Waals surface area contributed by atoms with Crippen molar-refractivity contribution >= 4 is 17.9 Å². The van der Waals surface area contributed by atoms with E-state index in [1.165, 1.54) is 4.90 Å². The van der Waals surface area contributed by atoms with Crippen LogP contribution in [0, 0.1) is 0 Å². The second-order valence-electron chi connectivity index (χ2n) is 5.87. The quantitative estimate of drug-likeness (QED) is 0.410. The number of aliphatic imine (C=N–C) groups is 1. The molecule has 142 valence electrons. The van der Waals surface area contributed by atoms with Crippen molar-refractivity contribution in [2.45, 2.75) is 20.4 Å². The van der Waals surface area contributed by atoms with E-state index in [4.69, 9.17) is 4.74 Å². The van der Waals surface area contributed by atoms with Crippen molar-refractivity contribution < 1.29 is 14.3 Å². The molecule has 0 radical (unpaired) electrons. The molecule has 1 aromatic rings. The van der Waals surface area contributed by atoms with Crippen molar-refractivity contribution in [1.82, 2.24) is 20.4 Å². The maximum Gasteiger partial charge on any atom is 0.324 e.